The van der Waals surface area contributed by atoms with Gasteiger partial charge >= 0.3 is 0 Å². The zero-order valence-corrected chi connectivity index (χ0v) is 19.3. The molecule has 0 N–H and O–H groups in total. The van der Waals surface area contributed by atoms with Crippen LogP contribution in [-0.2, 0) is 10.4 Å². The van der Waals surface area contributed by atoms with E-state index in [9.17, 15) is 9.18 Å². The lowest BCUT2D eigenvalue weighted by Gasteiger charge is -2.23. The molecule has 2 aromatic rings. The summed E-state index contributed by atoms with van der Waals surface area (Å²) >= 11 is 6.04. The Morgan fingerprint density at radius 2 is 2.09 bits per heavy atom. The van der Waals surface area contributed by atoms with Gasteiger partial charge in [0.05, 0.1) is 16.8 Å². The van der Waals surface area contributed by atoms with Crippen molar-refractivity contribution >= 4 is 23.1 Å². The molecule has 1 fully saturated rings. The number of benzene rings is 2. The highest BCUT2D eigenvalue weighted by Crippen LogP contribution is 2.40. The Kier molecular flexibility index (Phi) is 6.09. The lowest BCUT2D eigenvalue weighted by atomic mass is 9.87. The first-order valence-corrected chi connectivity index (χ1v) is 11.3. The number of hydrogen-bond donors (Lipinski definition) is 0. The fourth-order valence-corrected chi connectivity index (χ4v) is 5.13. The molecule has 1 heterocycles. The smallest absolute Gasteiger partial charge is 0.168 e. The normalized spacial score (nSPS) is 24.7. The topological polar surface area (TPSA) is 62.5 Å². The number of rotatable bonds is 5. The van der Waals surface area contributed by atoms with Gasteiger partial charge in [-0.15, -0.1) is 0 Å². The van der Waals surface area contributed by atoms with Crippen molar-refractivity contribution in [3.63, 3.8) is 0 Å². The quantitative estimate of drug-likeness (QED) is 0.477. The molecule has 4 nitrogen and oxygen atoms in total. The van der Waals surface area contributed by atoms with Crippen molar-refractivity contribution in [1.82, 2.24) is 0 Å². The van der Waals surface area contributed by atoms with Crippen molar-refractivity contribution in [3.05, 3.63) is 69.0 Å². The average molecular weight is 453 g/mol. The van der Waals surface area contributed by atoms with E-state index in [1.807, 2.05) is 32.0 Å². The maximum absolute atomic E-state index is 14.7. The highest BCUT2D eigenvalue weighted by Gasteiger charge is 2.39. The molecule has 3 atom stereocenters. The van der Waals surface area contributed by atoms with E-state index < -0.39 is 11.4 Å². The SMILES string of the molecule is Cc1cc(Cl)c(F)c(C2(C)CC(c3ccc(C(=O)CC4CCC(C#N)C4)c(C)c3)=NO2)c1. The number of oxime groups is 1. The number of hydrogen-bond acceptors (Lipinski definition) is 4. The summed E-state index contributed by atoms with van der Waals surface area (Å²) in [7, 11) is 0. The van der Waals surface area contributed by atoms with Gasteiger partial charge in [-0.1, -0.05) is 28.9 Å². The summed E-state index contributed by atoms with van der Waals surface area (Å²) in [6.07, 6.45) is 3.51. The largest absolute Gasteiger partial charge is 0.384 e. The molecule has 0 saturated heterocycles. The van der Waals surface area contributed by atoms with Gasteiger partial charge < -0.3 is 4.84 Å². The second-order valence-corrected chi connectivity index (χ2v) is 9.71. The summed E-state index contributed by atoms with van der Waals surface area (Å²) in [6.45, 7) is 5.58. The van der Waals surface area contributed by atoms with Crippen LogP contribution in [0.15, 0.2) is 35.5 Å². The van der Waals surface area contributed by atoms with Crippen LogP contribution in [0.2, 0.25) is 5.02 Å². The van der Waals surface area contributed by atoms with E-state index in [0.717, 1.165) is 36.0 Å². The predicted octanol–water partition coefficient (Wildman–Crippen LogP) is 6.65. The summed E-state index contributed by atoms with van der Waals surface area (Å²) in [5.74, 6) is -0.00266. The molecule has 0 radical (unpaired) electrons. The Labute approximate surface area is 193 Å². The highest BCUT2D eigenvalue weighted by atomic mass is 35.5. The molecule has 1 aliphatic carbocycles. The fourth-order valence-electron chi connectivity index (χ4n) is 4.85. The Morgan fingerprint density at radius 3 is 2.78 bits per heavy atom. The molecule has 2 aromatic carbocycles. The molecular weight excluding hydrogens is 427 g/mol. The van der Waals surface area contributed by atoms with Crippen LogP contribution >= 0.6 is 11.6 Å². The van der Waals surface area contributed by atoms with E-state index in [-0.39, 0.29) is 22.6 Å². The first-order valence-electron chi connectivity index (χ1n) is 10.9. The van der Waals surface area contributed by atoms with Crippen LogP contribution in [0.3, 0.4) is 0 Å². The summed E-state index contributed by atoms with van der Waals surface area (Å²) in [6, 6.07) is 11.3. The first kappa shape index (κ1) is 22.5. The van der Waals surface area contributed by atoms with Crippen molar-refractivity contribution in [1.29, 1.82) is 5.26 Å². The van der Waals surface area contributed by atoms with Crippen LogP contribution in [0.4, 0.5) is 4.39 Å². The van der Waals surface area contributed by atoms with Crippen LogP contribution in [0.5, 0.6) is 0 Å². The van der Waals surface area contributed by atoms with Gasteiger partial charge in [0.1, 0.15) is 5.82 Å². The summed E-state index contributed by atoms with van der Waals surface area (Å²) in [4.78, 5) is 18.6. The Balaban J connectivity index is 1.49. The van der Waals surface area contributed by atoms with Crippen LogP contribution in [0.1, 0.15) is 71.6 Å². The van der Waals surface area contributed by atoms with Crippen molar-refractivity contribution in [3.8, 4) is 6.07 Å². The molecule has 0 spiro atoms. The summed E-state index contributed by atoms with van der Waals surface area (Å²) in [5, 5.41) is 13.4. The molecule has 2 aliphatic rings. The van der Waals surface area contributed by atoms with Gasteiger partial charge in [0.2, 0.25) is 0 Å². The molecule has 1 saturated carbocycles. The minimum absolute atomic E-state index is 0.0698. The van der Waals surface area contributed by atoms with Crippen LogP contribution in [0.25, 0.3) is 0 Å². The molecule has 4 rings (SSSR count). The first-order chi connectivity index (χ1) is 15.2. The highest BCUT2D eigenvalue weighted by molar-refractivity contribution is 6.30. The summed E-state index contributed by atoms with van der Waals surface area (Å²) < 4.78 is 14.7. The predicted molar refractivity (Wildman–Crippen MR) is 122 cm³/mol. The van der Waals surface area contributed by atoms with Crippen molar-refractivity contribution in [2.75, 3.05) is 0 Å². The number of nitriles is 1. The Morgan fingerprint density at radius 1 is 1.31 bits per heavy atom. The second-order valence-electron chi connectivity index (χ2n) is 9.31. The number of carbonyl (C=O) groups is 1. The zero-order chi connectivity index (χ0) is 23.0. The van der Waals surface area contributed by atoms with Crippen molar-refractivity contribution in [2.45, 2.75) is 58.5 Å². The number of ketones is 1. The van der Waals surface area contributed by atoms with E-state index in [4.69, 9.17) is 21.7 Å². The molecule has 166 valence electrons. The monoisotopic (exact) mass is 452 g/mol. The van der Waals surface area contributed by atoms with Crippen LogP contribution in [0, 0.1) is 42.8 Å². The number of carbonyl (C=O) groups excluding carboxylic acids is 1. The average Bonchev–Trinajstić information content (AvgIpc) is 3.37. The minimum Gasteiger partial charge on any atom is -0.384 e. The molecule has 0 bridgehead atoms. The summed E-state index contributed by atoms with van der Waals surface area (Å²) in [5.41, 5.74) is 3.43. The fraction of sp³-hybridized carbons (Fsp3) is 0.423. The minimum atomic E-state index is -0.947. The third kappa shape index (κ3) is 4.29. The van der Waals surface area contributed by atoms with Crippen molar-refractivity contribution in [2.24, 2.45) is 17.0 Å². The molecule has 1 aliphatic heterocycles. The van der Waals surface area contributed by atoms with Crippen LogP contribution in [-0.4, -0.2) is 11.5 Å². The van der Waals surface area contributed by atoms with Gasteiger partial charge in [-0.2, -0.15) is 5.26 Å². The molecule has 0 amide bonds. The number of halogens is 2. The Bertz CT molecular complexity index is 1150. The third-order valence-corrected chi connectivity index (χ3v) is 6.94. The van der Waals surface area contributed by atoms with Gasteiger partial charge in [0.15, 0.2) is 11.4 Å². The van der Waals surface area contributed by atoms with Crippen molar-refractivity contribution < 1.29 is 14.0 Å². The maximum Gasteiger partial charge on any atom is 0.168 e. The number of nitrogens with zero attached hydrogens (tertiary/aromatic N) is 2. The maximum atomic E-state index is 14.7. The lowest BCUT2D eigenvalue weighted by Crippen LogP contribution is -2.24. The Hall–Kier alpha value is -2.71. The molecular formula is C26H26ClFN2O2. The molecule has 0 aromatic heterocycles. The lowest BCUT2D eigenvalue weighted by molar-refractivity contribution is -0.0100. The second kappa shape index (κ2) is 8.67. The van der Waals surface area contributed by atoms with E-state index in [0.29, 0.717) is 29.7 Å². The third-order valence-electron chi connectivity index (χ3n) is 6.66. The number of Topliss-reactive ketones (excluding diaryl/α,β-unsaturated/α-hetero) is 1. The van der Waals surface area contributed by atoms with Gasteiger partial charge in [-0.25, -0.2) is 4.39 Å². The van der Waals surface area contributed by atoms with E-state index >= 15 is 0 Å². The van der Waals surface area contributed by atoms with Gasteiger partial charge in [0.25, 0.3) is 0 Å². The van der Waals surface area contributed by atoms with Gasteiger partial charge in [-0.05, 0) is 80.8 Å². The van der Waals surface area contributed by atoms with Crippen LogP contribution < -0.4 is 0 Å². The number of aryl methyl sites for hydroxylation is 2. The van der Waals surface area contributed by atoms with E-state index in [1.165, 1.54) is 0 Å². The molecule has 6 heteroatoms. The van der Waals surface area contributed by atoms with E-state index in [2.05, 4.69) is 11.2 Å². The standard InChI is InChI=1S/C26H26ClFN2O2/c1-15-8-21(25(28)22(27)9-15)26(3)13-23(30-32-26)19-6-7-20(16(2)10-19)24(31)12-17-4-5-18(11-17)14-29/h6-10,17-18H,4-5,11-13H2,1-3H3. The molecule has 3 unspecified atom stereocenters. The zero-order valence-electron chi connectivity index (χ0n) is 18.5. The van der Waals surface area contributed by atoms with Gasteiger partial charge in [0, 0.05) is 29.9 Å². The van der Waals surface area contributed by atoms with E-state index in [1.54, 1.807) is 19.1 Å². The molecule has 32 heavy (non-hydrogen) atoms. The van der Waals surface area contributed by atoms with Gasteiger partial charge in [-0.3, -0.25) is 4.79 Å².